The average molecular weight is 957 g/mol. The monoisotopic (exact) mass is 957 g/mol. The number of allylic oxidation sites excluding steroid dienone is 3. The largest absolute Gasteiger partial charge is 0.508 e. The standard InChI is InChI=1S/C61H96O8/c1-5-7-9-11-13-15-17-19-21-23-25-27-29-31-33-35-37-39-60(64)68-56-47-43-52(49-58(56)66-3)41-45-54(62)51-55(63)46-42-53-44-48-57(59(50-53)67-4)69-61(65)40-38-36-34-32-30-28-26-24-22-20-18-16-14-12-10-8-6-2/h41-51,62H,5-40H2,1-4H3/b45-41+,46-42+,54-51-. The fourth-order valence-corrected chi connectivity index (χ4v) is 8.68. The third-order valence-electron chi connectivity index (χ3n) is 13.0. The first-order valence-corrected chi connectivity index (χ1v) is 27.9. The van der Waals surface area contributed by atoms with Crippen molar-refractivity contribution in [1.29, 1.82) is 0 Å². The second kappa shape index (κ2) is 42.5. The van der Waals surface area contributed by atoms with E-state index in [1.807, 2.05) is 0 Å². The first-order chi connectivity index (χ1) is 33.8. The number of hydrogen-bond donors (Lipinski definition) is 1. The fourth-order valence-electron chi connectivity index (χ4n) is 8.68. The van der Waals surface area contributed by atoms with Gasteiger partial charge in [0.2, 0.25) is 0 Å². The van der Waals surface area contributed by atoms with Gasteiger partial charge in [0.25, 0.3) is 0 Å². The number of hydrogen-bond acceptors (Lipinski definition) is 8. The minimum Gasteiger partial charge on any atom is -0.508 e. The predicted molar refractivity (Wildman–Crippen MR) is 289 cm³/mol. The molecule has 0 aromatic heterocycles. The third kappa shape index (κ3) is 33.0. The molecule has 388 valence electrons. The Bertz CT molecular complexity index is 1720. The van der Waals surface area contributed by atoms with Gasteiger partial charge < -0.3 is 24.1 Å². The number of rotatable bonds is 45. The van der Waals surface area contributed by atoms with Crippen LogP contribution in [0.2, 0.25) is 0 Å². The van der Waals surface area contributed by atoms with Crippen LogP contribution in [-0.4, -0.2) is 37.0 Å². The van der Waals surface area contributed by atoms with Crippen LogP contribution in [-0.2, 0) is 14.4 Å². The van der Waals surface area contributed by atoms with Crippen molar-refractivity contribution in [2.45, 2.75) is 245 Å². The Morgan fingerprint density at radius 3 is 1.00 bits per heavy atom. The summed E-state index contributed by atoms with van der Waals surface area (Å²) in [6, 6.07) is 10.2. The highest BCUT2D eigenvalue weighted by Gasteiger charge is 2.12. The molecular weight excluding hydrogens is 861 g/mol. The molecule has 2 aromatic carbocycles. The molecule has 0 atom stereocenters. The molecule has 2 rings (SSSR count). The van der Waals surface area contributed by atoms with Crippen LogP contribution in [0.4, 0.5) is 0 Å². The smallest absolute Gasteiger partial charge is 0.311 e. The fraction of sp³-hybridized carbons (Fsp3) is 0.656. The molecule has 0 radical (unpaired) electrons. The van der Waals surface area contributed by atoms with Gasteiger partial charge in [0.05, 0.1) is 14.2 Å². The number of aliphatic hydroxyl groups excluding tert-OH is 1. The Kier molecular flexibility index (Phi) is 37.5. The van der Waals surface area contributed by atoms with Gasteiger partial charge in [-0.3, -0.25) is 14.4 Å². The number of carbonyl (C=O) groups is 3. The van der Waals surface area contributed by atoms with E-state index in [9.17, 15) is 19.5 Å². The van der Waals surface area contributed by atoms with Gasteiger partial charge >= 0.3 is 11.9 Å². The van der Waals surface area contributed by atoms with E-state index in [0.29, 0.717) is 47.0 Å². The Balaban J connectivity index is 1.62. The highest BCUT2D eigenvalue weighted by molar-refractivity contribution is 6.02. The lowest BCUT2D eigenvalue weighted by Crippen LogP contribution is -2.08. The lowest BCUT2D eigenvalue weighted by molar-refractivity contribution is -0.135. The Morgan fingerprint density at radius 1 is 0.406 bits per heavy atom. The molecule has 1 N–H and O–H groups in total. The quantitative estimate of drug-likeness (QED) is 0.0175. The average Bonchev–Trinajstić information content (AvgIpc) is 3.35. The van der Waals surface area contributed by atoms with Crippen molar-refractivity contribution in [3.63, 3.8) is 0 Å². The van der Waals surface area contributed by atoms with Gasteiger partial charge in [-0.05, 0) is 60.4 Å². The maximum absolute atomic E-state index is 12.7. The summed E-state index contributed by atoms with van der Waals surface area (Å²) in [5.74, 6) is 0.256. The minimum atomic E-state index is -0.417. The zero-order chi connectivity index (χ0) is 49.8. The summed E-state index contributed by atoms with van der Waals surface area (Å²) in [6.07, 6.45) is 51.7. The number of carbonyl (C=O) groups excluding carboxylic acids is 3. The molecule has 69 heavy (non-hydrogen) atoms. The summed E-state index contributed by atoms with van der Waals surface area (Å²) >= 11 is 0. The zero-order valence-corrected chi connectivity index (χ0v) is 44.1. The normalized spacial score (nSPS) is 11.7. The molecule has 0 heterocycles. The maximum Gasteiger partial charge on any atom is 0.311 e. The first-order valence-electron chi connectivity index (χ1n) is 27.9. The first kappa shape index (κ1) is 60.8. The number of benzene rings is 2. The Hall–Kier alpha value is -4.33. The lowest BCUT2D eigenvalue weighted by Gasteiger charge is -2.10. The molecule has 8 nitrogen and oxygen atoms in total. The molecule has 0 spiro atoms. The van der Waals surface area contributed by atoms with Gasteiger partial charge in [-0.1, -0.05) is 244 Å². The number of unbranched alkanes of at least 4 members (excludes halogenated alkanes) is 32. The molecule has 0 saturated carbocycles. The van der Waals surface area contributed by atoms with Crippen molar-refractivity contribution in [3.8, 4) is 23.0 Å². The summed E-state index contributed by atoms with van der Waals surface area (Å²) in [4.78, 5) is 37.8. The van der Waals surface area contributed by atoms with Crippen LogP contribution in [0.25, 0.3) is 12.2 Å². The van der Waals surface area contributed by atoms with Crippen LogP contribution in [0.15, 0.2) is 60.4 Å². The summed E-state index contributed by atoms with van der Waals surface area (Å²) in [6.45, 7) is 4.55. The Morgan fingerprint density at radius 2 is 0.696 bits per heavy atom. The van der Waals surface area contributed by atoms with Crippen LogP contribution in [0.3, 0.4) is 0 Å². The van der Waals surface area contributed by atoms with Crippen LogP contribution in [0.5, 0.6) is 23.0 Å². The second-order valence-corrected chi connectivity index (χ2v) is 19.2. The molecule has 0 fully saturated rings. The minimum absolute atomic E-state index is 0.229. The van der Waals surface area contributed by atoms with Crippen LogP contribution in [0, 0.1) is 0 Å². The van der Waals surface area contributed by atoms with Crippen molar-refractivity contribution in [3.05, 3.63) is 71.5 Å². The summed E-state index contributed by atoms with van der Waals surface area (Å²) in [7, 11) is 3.02. The molecule has 0 amide bonds. The molecule has 0 bridgehead atoms. The SMILES string of the molecule is CCCCCCCCCCCCCCCCCCCC(=O)Oc1ccc(/C=C/C(=O)/C=C(O)/C=C/c2ccc(OC(=O)CCCCCCCCCCCCCCCCCCC)c(OC)c2)cc1OC. The van der Waals surface area contributed by atoms with E-state index in [0.717, 1.165) is 44.6 Å². The summed E-state index contributed by atoms with van der Waals surface area (Å²) in [5.41, 5.74) is 1.36. The molecule has 0 aliphatic rings. The third-order valence-corrected chi connectivity index (χ3v) is 13.0. The maximum atomic E-state index is 12.7. The number of aliphatic hydroxyl groups is 1. The highest BCUT2D eigenvalue weighted by Crippen LogP contribution is 2.31. The zero-order valence-electron chi connectivity index (χ0n) is 44.1. The molecule has 0 aliphatic heterocycles. The van der Waals surface area contributed by atoms with E-state index in [2.05, 4.69) is 13.8 Å². The van der Waals surface area contributed by atoms with Gasteiger partial charge in [0.1, 0.15) is 5.76 Å². The summed E-state index contributed by atoms with van der Waals surface area (Å²) in [5, 5.41) is 10.5. The molecule has 0 aliphatic carbocycles. The molecule has 0 unspecified atom stereocenters. The van der Waals surface area contributed by atoms with Crippen molar-refractivity contribution in [1.82, 2.24) is 0 Å². The molecular formula is C61H96O8. The van der Waals surface area contributed by atoms with Gasteiger partial charge in [-0.2, -0.15) is 0 Å². The molecule has 2 aromatic rings. The van der Waals surface area contributed by atoms with Gasteiger partial charge in [-0.25, -0.2) is 0 Å². The van der Waals surface area contributed by atoms with E-state index in [4.69, 9.17) is 18.9 Å². The van der Waals surface area contributed by atoms with Crippen LogP contribution < -0.4 is 18.9 Å². The number of ketones is 1. The van der Waals surface area contributed by atoms with Gasteiger partial charge in [-0.15, -0.1) is 0 Å². The van der Waals surface area contributed by atoms with E-state index < -0.39 is 5.78 Å². The van der Waals surface area contributed by atoms with Gasteiger partial charge in [0.15, 0.2) is 28.8 Å². The predicted octanol–water partition coefficient (Wildman–Crippen LogP) is 18.3. The Labute approximate surface area is 420 Å². The number of ether oxygens (including phenoxy) is 4. The molecule has 0 saturated heterocycles. The van der Waals surface area contributed by atoms with Crippen molar-refractivity contribution >= 4 is 29.9 Å². The van der Waals surface area contributed by atoms with E-state index in [1.54, 1.807) is 48.6 Å². The van der Waals surface area contributed by atoms with E-state index in [1.165, 1.54) is 206 Å². The highest BCUT2D eigenvalue weighted by atomic mass is 16.6. The number of methoxy groups -OCH3 is 2. The van der Waals surface area contributed by atoms with Crippen molar-refractivity contribution in [2.75, 3.05) is 14.2 Å². The van der Waals surface area contributed by atoms with Crippen molar-refractivity contribution < 1.29 is 38.4 Å². The molecule has 8 heteroatoms. The summed E-state index contributed by atoms with van der Waals surface area (Å²) < 4.78 is 22.2. The van der Waals surface area contributed by atoms with Crippen LogP contribution in [0.1, 0.15) is 256 Å². The van der Waals surface area contributed by atoms with Gasteiger partial charge in [0, 0.05) is 18.9 Å². The van der Waals surface area contributed by atoms with Crippen molar-refractivity contribution in [2.24, 2.45) is 0 Å². The second-order valence-electron chi connectivity index (χ2n) is 19.2. The topological polar surface area (TPSA) is 108 Å². The van der Waals surface area contributed by atoms with Crippen LogP contribution >= 0.6 is 0 Å². The number of esters is 2. The lowest BCUT2D eigenvalue weighted by atomic mass is 10.0. The van der Waals surface area contributed by atoms with E-state index in [-0.39, 0.29) is 17.7 Å². The van der Waals surface area contributed by atoms with E-state index >= 15 is 0 Å².